The fourth-order valence-corrected chi connectivity index (χ4v) is 5.20. The zero-order valence-electron chi connectivity index (χ0n) is 15.8. The van der Waals surface area contributed by atoms with E-state index in [2.05, 4.69) is 15.5 Å². The molecule has 2 amide bonds. The van der Waals surface area contributed by atoms with E-state index in [0.29, 0.717) is 35.6 Å². The summed E-state index contributed by atoms with van der Waals surface area (Å²) in [6, 6.07) is 1.94. The molecule has 1 aliphatic heterocycles. The normalized spacial score (nSPS) is 24.3. The number of piperidine rings is 1. The number of aryl methyl sites for hydroxylation is 3. The molecule has 8 heteroatoms. The molecule has 1 unspecified atom stereocenters. The van der Waals surface area contributed by atoms with Crippen molar-refractivity contribution in [3.63, 3.8) is 0 Å². The number of likely N-dealkylation sites (tertiary alicyclic amines) is 1. The summed E-state index contributed by atoms with van der Waals surface area (Å²) in [5.41, 5.74) is 1.57. The van der Waals surface area contributed by atoms with Crippen LogP contribution in [0.15, 0.2) is 10.6 Å². The van der Waals surface area contributed by atoms with Crippen LogP contribution in [0.3, 0.4) is 0 Å². The number of aromatic nitrogens is 2. The first-order chi connectivity index (χ1) is 12.9. The second kappa shape index (κ2) is 7.07. The zero-order chi connectivity index (χ0) is 19.1. The predicted molar refractivity (Wildman–Crippen MR) is 101 cm³/mol. The van der Waals surface area contributed by atoms with Crippen molar-refractivity contribution in [3.05, 3.63) is 33.1 Å². The monoisotopic (exact) mass is 388 g/mol. The second-order valence-corrected chi connectivity index (χ2v) is 8.86. The van der Waals surface area contributed by atoms with Crippen LogP contribution in [-0.4, -0.2) is 46.0 Å². The molecular formula is C19H24N4O3S. The van der Waals surface area contributed by atoms with E-state index in [1.807, 2.05) is 25.7 Å². The maximum atomic E-state index is 12.7. The van der Waals surface area contributed by atoms with Crippen molar-refractivity contribution in [2.45, 2.75) is 46.1 Å². The van der Waals surface area contributed by atoms with Crippen molar-refractivity contribution >= 4 is 23.2 Å². The van der Waals surface area contributed by atoms with Crippen LogP contribution in [0.5, 0.6) is 0 Å². The molecule has 0 radical (unpaired) electrons. The minimum atomic E-state index is -0.0306. The van der Waals surface area contributed by atoms with Crippen LogP contribution in [0.25, 0.3) is 0 Å². The molecule has 2 aromatic heterocycles. The van der Waals surface area contributed by atoms with Crippen LogP contribution in [0, 0.1) is 32.6 Å². The van der Waals surface area contributed by atoms with Gasteiger partial charge >= 0.3 is 0 Å². The summed E-state index contributed by atoms with van der Waals surface area (Å²) in [7, 11) is 0. The lowest BCUT2D eigenvalue weighted by atomic mass is 9.91. The SMILES string of the molecule is Cc1cc(CC(=O)N2C[C@H]3CC[C@@H](C2)C3NC(=O)c2sc(C)nc2C)on1. The maximum absolute atomic E-state index is 12.7. The molecule has 4 rings (SSSR count). The number of carbonyl (C=O) groups is 2. The summed E-state index contributed by atoms with van der Waals surface area (Å²) in [5.74, 6) is 1.26. The third kappa shape index (κ3) is 3.63. The molecule has 27 heavy (non-hydrogen) atoms. The van der Waals surface area contributed by atoms with E-state index in [4.69, 9.17) is 4.52 Å². The molecule has 2 fully saturated rings. The highest BCUT2D eigenvalue weighted by molar-refractivity contribution is 7.13. The first-order valence-corrected chi connectivity index (χ1v) is 10.2. The quantitative estimate of drug-likeness (QED) is 0.868. The molecular weight excluding hydrogens is 364 g/mol. The number of thiazole rings is 1. The van der Waals surface area contributed by atoms with Crippen LogP contribution in [0.1, 0.15) is 44.7 Å². The van der Waals surface area contributed by atoms with E-state index in [0.717, 1.165) is 29.2 Å². The van der Waals surface area contributed by atoms with Gasteiger partial charge in [-0.15, -0.1) is 11.3 Å². The zero-order valence-corrected chi connectivity index (χ0v) is 16.6. The van der Waals surface area contributed by atoms with E-state index in [1.54, 1.807) is 6.07 Å². The third-order valence-corrected chi connectivity index (χ3v) is 6.67. The van der Waals surface area contributed by atoms with Crippen LogP contribution in [-0.2, 0) is 11.2 Å². The molecule has 1 N–H and O–H groups in total. The fraction of sp³-hybridized carbons (Fsp3) is 0.579. The van der Waals surface area contributed by atoms with Gasteiger partial charge < -0.3 is 14.7 Å². The Morgan fingerprint density at radius 2 is 1.96 bits per heavy atom. The molecule has 7 nitrogen and oxygen atoms in total. The smallest absolute Gasteiger partial charge is 0.263 e. The summed E-state index contributed by atoms with van der Waals surface area (Å²) in [6.07, 6.45) is 2.33. The first kappa shape index (κ1) is 18.2. The predicted octanol–water partition coefficient (Wildman–Crippen LogP) is 2.27. The van der Waals surface area contributed by atoms with Crippen LogP contribution < -0.4 is 5.32 Å². The van der Waals surface area contributed by atoms with Crippen molar-refractivity contribution in [2.24, 2.45) is 11.8 Å². The standard InChI is InChI=1S/C19H24N4O3S/c1-10-6-15(26-22-10)7-16(24)23-8-13-4-5-14(9-23)17(13)21-19(25)18-11(2)20-12(3)27-18/h6,13-14,17H,4-5,7-9H2,1-3H3,(H,21,25)/t13-,14+,17?. The van der Waals surface area contributed by atoms with Gasteiger partial charge in [-0.05, 0) is 45.4 Å². The van der Waals surface area contributed by atoms with Gasteiger partial charge in [-0.25, -0.2) is 4.98 Å². The number of hydrogen-bond acceptors (Lipinski definition) is 6. The lowest BCUT2D eigenvalue weighted by Gasteiger charge is -2.38. The molecule has 2 aliphatic rings. The molecule has 1 aliphatic carbocycles. The summed E-state index contributed by atoms with van der Waals surface area (Å²) >= 11 is 1.44. The van der Waals surface area contributed by atoms with Crippen molar-refractivity contribution in [1.82, 2.24) is 20.4 Å². The highest BCUT2D eigenvalue weighted by Crippen LogP contribution is 2.37. The van der Waals surface area contributed by atoms with Gasteiger partial charge in [-0.3, -0.25) is 9.59 Å². The van der Waals surface area contributed by atoms with Gasteiger partial charge in [0, 0.05) is 25.2 Å². The van der Waals surface area contributed by atoms with Crippen molar-refractivity contribution in [1.29, 1.82) is 0 Å². The van der Waals surface area contributed by atoms with Gasteiger partial charge in [-0.1, -0.05) is 5.16 Å². The molecule has 0 spiro atoms. The summed E-state index contributed by atoms with van der Waals surface area (Å²) in [6.45, 7) is 7.01. The van der Waals surface area contributed by atoms with Gasteiger partial charge in [-0.2, -0.15) is 0 Å². The number of hydrogen-bond donors (Lipinski definition) is 1. The number of fused-ring (bicyclic) bond motifs is 2. The van der Waals surface area contributed by atoms with Crippen molar-refractivity contribution in [2.75, 3.05) is 13.1 Å². The van der Waals surface area contributed by atoms with Crippen LogP contribution >= 0.6 is 11.3 Å². The first-order valence-electron chi connectivity index (χ1n) is 9.35. The Morgan fingerprint density at radius 3 is 2.52 bits per heavy atom. The summed E-state index contributed by atoms with van der Waals surface area (Å²) in [4.78, 5) is 32.3. The Labute approximate surface area is 162 Å². The lowest BCUT2D eigenvalue weighted by Crippen LogP contribution is -2.54. The van der Waals surface area contributed by atoms with Gasteiger partial charge in [0.2, 0.25) is 5.91 Å². The fourth-order valence-electron chi connectivity index (χ4n) is 4.38. The molecule has 1 saturated heterocycles. The molecule has 2 bridgehead atoms. The van der Waals surface area contributed by atoms with Crippen LogP contribution in [0.2, 0.25) is 0 Å². The number of amides is 2. The number of nitrogens with zero attached hydrogens (tertiary/aromatic N) is 3. The minimum absolute atomic E-state index is 0.0306. The Bertz CT molecular complexity index is 860. The van der Waals surface area contributed by atoms with E-state index in [9.17, 15) is 9.59 Å². The molecule has 0 aromatic carbocycles. The summed E-state index contributed by atoms with van der Waals surface area (Å²) < 4.78 is 5.17. The number of nitrogens with one attached hydrogen (secondary N) is 1. The lowest BCUT2D eigenvalue weighted by molar-refractivity contribution is -0.133. The van der Waals surface area contributed by atoms with Crippen LogP contribution in [0.4, 0.5) is 0 Å². The van der Waals surface area contributed by atoms with Gasteiger partial charge in [0.1, 0.15) is 10.6 Å². The maximum Gasteiger partial charge on any atom is 0.263 e. The van der Waals surface area contributed by atoms with E-state index < -0.39 is 0 Å². The highest BCUT2D eigenvalue weighted by Gasteiger charge is 2.44. The van der Waals surface area contributed by atoms with Gasteiger partial charge in [0.15, 0.2) is 0 Å². The molecule has 3 heterocycles. The molecule has 2 aromatic rings. The molecule has 3 atom stereocenters. The highest BCUT2D eigenvalue weighted by atomic mass is 32.1. The van der Waals surface area contributed by atoms with Crippen molar-refractivity contribution < 1.29 is 14.1 Å². The Balaban J connectivity index is 1.39. The Morgan fingerprint density at radius 1 is 1.26 bits per heavy atom. The van der Waals surface area contributed by atoms with Gasteiger partial charge in [0.25, 0.3) is 5.91 Å². The van der Waals surface area contributed by atoms with E-state index in [-0.39, 0.29) is 24.3 Å². The second-order valence-electron chi connectivity index (χ2n) is 7.65. The molecule has 144 valence electrons. The average molecular weight is 388 g/mol. The topological polar surface area (TPSA) is 88.3 Å². The summed E-state index contributed by atoms with van der Waals surface area (Å²) in [5, 5.41) is 7.98. The van der Waals surface area contributed by atoms with Crippen molar-refractivity contribution in [3.8, 4) is 0 Å². The number of carbonyl (C=O) groups excluding carboxylic acids is 2. The van der Waals surface area contributed by atoms with Gasteiger partial charge in [0.05, 0.1) is 22.8 Å². The van der Waals surface area contributed by atoms with E-state index in [1.165, 1.54) is 11.3 Å². The third-order valence-electron chi connectivity index (χ3n) is 5.60. The Hall–Kier alpha value is -2.22. The largest absolute Gasteiger partial charge is 0.361 e. The Kier molecular flexibility index (Phi) is 4.75. The minimum Gasteiger partial charge on any atom is -0.361 e. The molecule has 1 saturated carbocycles. The van der Waals surface area contributed by atoms with E-state index >= 15 is 0 Å². The average Bonchev–Trinajstić information content (AvgIpc) is 3.23. The number of rotatable bonds is 4.